The van der Waals surface area contributed by atoms with Gasteiger partial charge in [-0.3, -0.25) is 9.59 Å². The van der Waals surface area contributed by atoms with E-state index in [9.17, 15) is 14.4 Å². The van der Waals surface area contributed by atoms with Gasteiger partial charge in [-0.1, -0.05) is 6.07 Å². The van der Waals surface area contributed by atoms with Crippen molar-refractivity contribution in [2.24, 2.45) is 0 Å². The molecule has 0 bridgehead atoms. The summed E-state index contributed by atoms with van der Waals surface area (Å²) in [6.07, 6.45) is 0. The van der Waals surface area contributed by atoms with E-state index in [0.29, 0.717) is 39.1 Å². The minimum absolute atomic E-state index is 0.0996. The molecular weight excluding hydrogens is 416 g/mol. The van der Waals surface area contributed by atoms with E-state index in [-0.39, 0.29) is 18.1 Å². The van der Waals surface area contributed by atoms with Crippen molar-refractivity contribution in [3.63, 3.8) is 0 Å². The molecule has 1 aliphatic heterocycles. The second kappa shape index (κ2) is 8.22. The van der Waals surface area contributed by atoms with Gasteiger partial charge in [0.05, 0.1) is 19.8 Å². The van der Waals surface area contributed by atoms with Gasteiger partial charge in [0.2, 0.25) is 0 Å². The summed E-state index contributed by atoms with van der Waals surface area (Å²) in [5, 5.41) is 1.43. The van der Waals surface area contributed by atoms with Crippen molar-refractivity contribution in [2.45, 2.75) is 20.5 Å². The SMILES string of the molecule is COc1cc(-c2c3c(cc4cc(OC)c(OC(C)=O)cc24)C(=O)OC3)ccc1OC(C)=O. The summed E-state index contributed by atoms with van der Waals surface area (Å²) in [6, 6.07) is 10.2. The van der Waals surface area contributed by atoms with Gasteiger partial charge in [0.25, 0.3) is 0 Å². The number of cyclic esters (lactones) is 1. The molecule has 1 aliphatic rings. The molecule has 4 rings (SSSR count). The topological polar surface area (TPSA) is 97.4 Å². The van der Waals surface area contributed by atoms with E-state index in [1.807, 2.05) is 0 Å². The van der Waals surface area contributed by atoms with Gasteiger partial charge in [-0.2, -0.15) is 0 Å². The van der Waals surface area contributed by atoms with Crippen LogP contribution in [-0.2, 0) is 20.9 Å². The van der Waals surface area contributed by atoms with Crippen molar-refractivity contribution in [1.29, 1.82) is 0 Å². The highest BCUT2D eigenvalue weighted by Crippen LogP contribution is 2.44. The predicted octanol–water partition coefficient (Wildman–Crippen LogP) is 4.05. The second-order valence-electron chi connectivity index (χ2n) is 7.13. The fraction of sp³-hybridized carbons (Fsp3) is 0.208. The van der Waals surface area contributed by atoms with E-state index in [2.05, 4.69) is 0 Å². The minimum atomic E-state index is -0.490. The highest BCUT2D eigenvalue weighted by molar-refractivity contribution is 6.08. The molecule has 3 aromatic rings. The van der Waals surface area contributed by atoms with Gasteiger partial charge in [-0.25, -0.2) is 4.79 Å². The van der Waals surface area contributed by atoms with Crippen LogP contribution in [0.4, 0.5) is 0 Å². The molecule has 8 heteroatoms. The van der Waals surface area contributed by atoms with Crippen molar-refractivity contribution in [2.75, 3.05) is 14.2 Å². The van der Waals surface area contributed by atoms with E-state index in [1.54, 1.807) is 36.4 Å². The Morgan fingerprint density at radius 2 is 1.50 bits per heavy atom. The minimum Gasteiger partial charge on any atom is -0.493 e. The number of carbonyl (C=O) groups is 3. The number of rotatable bonds is 5. The second-order valence-corrected chi connectivity index (χ2v) is 7.13. The average molecular weight is 436 g/mol. The maximum atomic E-state index is 12.4. The van der Waals surface area contributed by atoms with Gasteiger partial charge in [-0.15, -0.1) is 0 Å². The number of hydrogen-bond acceptors (Lipinski definition) is 8. The molecule has 0 atom stereocenters. The van der Waals surface area contributed by atoms with E-state index < -0.39 is 17.9 Å². The summed E-state index contributed by atoms with van der Waals surface area (Å²) in [7, 11) is 2.94. The van der Waals surface area contributed by atoms with Crippen LogP contribution in [0.1, 0.15) is 29.8 Å². The molecule has 0 aliphatic carbocycles. The molecule has 8 nitrogen and oxygen atoms in total. The van der Waals surface area contributed by atoms with Crippen LogP contribution < -0.4 is 18.9 Å². The Morgan fingerprint density at radius 3 is 2.16 bits per heavy atom. The molecule has 0 unspecified atom stereocenters. The van der Waals surface area contributed by atoms with Gasteiger partial charge in [-0.05, 0) is 52.2 Å². The van der Waals surface area contributed by atoms with Gasteiger partial charge in [0, 0.05) is 19.4 Å². The van der Waals surface area contributed by atoms with Crippen LogP contribution >= 0.6 is 0 Å². The molecule has 0 fully saturated rings. The molecule has 164 valence electrons. The van der Waals surface area contributed by atoms with E-state index in [4.69, 9.17) is 23.7 Å². The summed E-state index contributed by atoms with van der Waals surface area (Å²) < 4.78 is 26.6. The average Bonchev–Trinajstić information content (AvgIpc) is 3.11. The van der Waals surface area contributed by atoms with Crippen molar-refractivity contribution >= 4 is 28.7 Å². The predicted molar refractivity (Wildman–Crippen MR) is 114 cm³/mol. The van der Waals surface area contributed by atoms with E-state index >= 15 is 0 Å². The molecule has 0 radical (unpaired) electrons. The van der Waals surface area contributed by atoms with Crippen LogP contribution in [0.25, 0.3) is 21.9 Å². The number of hydrogen-bond donors (Lipinski definition) is 0. The molecule has 0 saturated carbocycles. The first kappa shape index (κ1) is 21.2. The van der Waals surface area contributed by atoms with Crippen LogP contribution in [0.15, 0.2) is 36.4 Å². The summed E-state index contributed by atoms with van der Waals surface area (Å²) in [4.78, 5) is 35.4. The molecule has 1 heterocycles. The highest BCUT2D eigenvalue weighted by atomic mass is 16.6. The van der Waals surface area contributed by atoms with E-state index in [0.717, 1.165) is 5.39 Å². The monoisotopic (exact) mass is 436 g/mol. The Labute approximate surface area is 183 Å². The Balaban J connectivity index is 2.02. The molecule has 3 aromatic carbocycles. The molecule has 0 spiro atoms. The lowest BCUT2D eigenvalue weighted by atomic mass is 9.90. The Morgan fingerprint density at radius 1 is 0.844 bits per heavy atom. The Bertz CT molecular complexity index is 1270. The van der Waals surface area contributed by atoms with Crippen LogP contribution in [0.3, 0.4) is 0 Å². The zero-order valence-corrected chi connectivity index (χ0v) is 17.9. The summed E-state index contributed by atoms with van der Waals surface area (Å²) in [5.74, 6) is -0.155. The fourth-order valence-corrected chi connectivity index (χ4v) is 3.79. The number of fused-ring (bicyclic) bond motifs is 2. The fourth-order valence-electron chi connectivity index (χ4n) is 3.79. The zero-order valence-electron chi connectivity index (χ0n) is 17.9. The first-order chi connectivity index (χ1) is 15.3. The normalized spacial score (nSPS) is 12.2. The van der Waals surface area contributed by atoms with Crippen molar-refractivity contribution in [3.8, 4) is 34.1 Å². The van der Waals surface area contributed by atoms with Gasteiger partial charge in [0.15, 0.2) is 23.0 Å². The molecule has 0 saturated heterocycles. The molecule has 0 amide bonds. The number of methoxy groups -OCH3 is 2. The highest BCUT2D eigenvalue weighted by Gasteiger charge is 2.28. The Kier molecular flexibility index (Phi) is 5.44. The maximum Gasteiger partial charge on any atom is 0.338 e. The maximum absolute atomic E-state index is 12.4. The number of esters is 3. The third-order valence-corrected chi connectivity index (χ3v) is 5.06. The largest absolute Gasteiger partial charge is 0.493 e. The van der Waals surface area contributed by atoms with Crippen LogP contribution in [0.5, 0.6) is 23.0 Å². The zero-order chi connectivity index (χ0) is 23.0. The lowest BCUT2D eigenvalue weighted by Gasteiger charge is -2.16. The van der Waals surface area contributed by atoms with Gasteiger partial charge < -0.3 is 23.7 Å². The number of carbonyl (C=O) groups excluding carboxylic acids is 3. The molecule has 0 aromatic heterocycles. The van der Waals surface area contributed by atoms with Crippen molar-refractivity contribution in [3.05, 3.63) is 47.5 Å². The van der Waals surface area contributed by atoms with Crippen molar-refractivity contribution in [1.82, 2.24) is 0 Å². The standard InChI is InChI=1S/C24H20O8/c1-12(25)31-19-6-5-14(8-20(19)28-3)23-16-10-22(32-13(2)26)21(29-4)9-15(16)7-17-18(23)11-30-24(17)27/h5-10H,11H2,1-4H3. The van der Waals surface area contributed by atoms with Gasteiger partial charge in [0.1, 0.15) is 6.61 Å². The Hall–Kier alpha value is -4.07. The summed E-state index contributed by atoms with van der Waals surface area (Å²) in [5.41, 5.74) is 2.56. The third kappa shape index (κ3) is 3.71. The smallest absolute Gasteiger partial charge is 0.338 e. The van der Waals surface area contributed by atoms with Crippen LogP contribution in [0.2, 0.25) is 0 Å². The molecule has 0 N–H and O–H groups in total. The lowest BCUT2D eigenvalue weighted by molar-refractivity contribution is -0.132. The van der Waals surface area contributed by atoms with E-state index in [1.165, 1.54) is 28.1 Å². The first-order valence-electron chi connectivity index (χ1n) is 9.72. The quantitative estimate of drug-likeness (QED) is 0.437. The van der Waals surface area contributed by atoms with Crippen molar-refractivity contribution < 1.29 is 38.1 Å². The van der Waals surface area contributed by atoms with Crippen LogP contribution in [-0.4, -0.2) is 32.1 Å². The lowest BCUT2D eigenvalue weighted by Crippen LogP contribution is -2.04. The summed E-state index contributed by atoms with van der Waals surface area (Å²) in [6.45, 7) is 2.71. The molecular formula is C24H20O8. The summed E-state index contributed by atoms with van der Waals surface area (Å²) >= 11 is 0. The first-order valence-corrected chi connectivity index (χ1v) is 9.72. The molecule has 32 heavy (non-hydrogen) atoms. The number of benzene rings is 3. The van der Waals surface area contributed by atoms with Crippen LogP contribution in [0, 0.1) is 0 Å². The third-order valence-electron chi connectivity index (χ3n) is 5.06. The number of ether oxygens (including phenoxy) is 5. The van der Waals surface area contributed by atoms with Gasteiger partial charge >= 0.3 is 17.9 Å².